The highest BCUT2D eigenvalue weighted by atomic mass is 16.6. The average molecular weight is 331 g/mol. The molecule has 0 aliphatic carbocycles. The molecule has 3 heterocycles. The second-order valence-electron chi connectivity index (χ2n) is 4.92. The first-order valence-electron chi connectivity index (χ1n) is 6.89. The van der Waals surface area contributed by atoms with E-state index in [4.69, 9.17) is 9.15 Å². The predicted molar refractivity (Wildman–Crippen MR) is 81.8 cm³/mol. The summed E-state index contributed by atoms with van der Waals surface area (Å²) >= 11 is 0. The normalized spacial score (nSPS) is 16.8. The summed E-state index contributed by atoms with van der Waals surface area (Å²) in [6.07, 6.45) is 4.52. The number of esters is 1. The molecule has 0 aromatic carbocycles. The number of furan rings is 1. The van der Waals surface area contributed by atoms with Crippen LogP contribution in [0.25, 0.3) is 6.08 Å². The van der Waals surface area contributed by atoms with Gasteiger partial charge in [-0.15, -0.1) is 0 Å². The van der Waals surface area contributed by atoms with Gasteiger partial charge in [-0.25, -0.2) is 9.48 Å². The number of ether oxygens (including phenoxy) is 1. The third-order valence-electron chi connectivity index (χ3n) is 3.48. The summed E-state index contributed by atoms with van der Waals surface area (Å²) in [6.45, 7) is 1.73. The van der Waals surface area contributed by atoms with Crippen LogP contribution in [0.4, 0.5) is 11.8 Å². The van der Waals surface area contributed by atoms with E-state index in [0.29, 0.717) is 17.2 Å². The number of anilines is 1. The van der Waals surface area contributed by atoms with Crippen molar-refractivity contribution in [3.8, 4) is 0 Å². The van der Waals surface area contributed by atoms with Gasteiger partial charge in [-0.1, -0.05) is 6.08 Å². The van der Waals surface area contributed by atoms with E-state index in [0.717, 1.165) is 0 Å². The Labute approximate surface area is 135 Å². The fraction of sp³-hybridized carbons (Fsp3) is 0.214. The minimum absolute atomic E-state index is 0.281. The molecule has 124 valence electrons. The van der Waals surface area contributed by atoms with Gasteiger partial charge in [-0.3, -0.25) is 10.1 Å². The monoisotopic (exact) mass is 331 g/mol. The zero-order chi connectivity index (χ0) is 17.3. The second kappa shape index (κ2) is 5.99. The molecule has 0 saturated carbocycles. The summed E-state index contributed by atoms with van der Waals surface area (Å²) in [5, 5.41) is 17.7. The fourth-order valence-electron chi connectivity index (χ4n) is 2.40. The number of carbonyl (C=O) groups excluding carboxylic acids is 1. The van der Waals surface area contributed by atoms with Crippen LogP contribution in [0.1, 0.15) is 18.7 Å². The zero-order valence-corrected chi connectivity index (χ0v) is 12.8. The molecule has 0 radical (unpaired) electrons. The zero-order valence-electron chi connectivity index (χ0n) is 12.8. The minimum atomic E-state index is -0.624. The van der Waals surface area contributed by atoms with Gasteiger partial charge in [0, 0.05) is 5.70 Å². The maximum atomic E-state index is 12.1. The summed E-state index contributed by atoms with van der Waals surface area (Å²) in [7, 11) is 1.29. The van der Waals surface area contributed by atoms with Crippen LogP contribution in [-0.2, 0) is 9.53 Å². The number of carbonyl (C=O) groups is 1. The quantitative estimate of drug-likeness (QED) is 0.511. The Hall–Kier alpha value is -3.43. The Bertz CT molecular complexity index is 863. The molecular formula is C14H13N5O5. The highest BCUT2D eigenvalue weighted by Crippen LogP contribution is 2.31. The second-order valence-corrected chi connectivity index (χ2v) is 4.92. The van der Waals surface area contributed by atoms with Gasteiger partial charge in [-0.2, -0.15) is 10.1 Å². The van der Waals surface area contributed by atoms with Gasteiger partial charge in [0.15, 0.2) is 0 Å². The maximum absolute atomic E-state index is 12.1. The number of nitrogens with zero attached hydrogens (tertiary/aromatic N) is 4. The molecule has 1 aliphatic rings. The molecular weight excluding hydrogens is 318 g/mol. The third-order valence-corrected chi connectivity index (χ3v) is 3.48. The van der Waals surface area contributed by atoms with Crippen molar-refractivity contribution in [2.75, 3.05) is 12.4 Å². The molecule has 0 spiro atoms. The van der Waals surface area contributed by atoms with E-state index in [1.165, 1.54) is 36.3 Å². The third kappa shape index (κ3) is 2.64. The van der Waals surface area contributed by atoms with Crippen molar-refractivity contribution in [1.29, 1.82) is 0 Å². The lowest BCUT2D eigenvalue weighted by atomic mass is 10.0. The Morgan fingerprint density at radius 3 is 3.00 bits per heavy atom. The SMILES string of the molecule is COC(=O)C1=C(C)Nc2ncnn2[C@H]1/C=C/c1ccc([N+](=O)[O-])o1. The molecule has 0 bridgehead atoms. The molecule has 2 aromatic heterocycles. The van der Waals surface area contributed by atoms with E-state index in [2.05, 4.69) is 15.4 Å². The summed E-state index contributed by atoms with van der Waals surface area (Å²) < 4.78 is 11.4. The lowest BCUT2D eigenvalue weighted by Crippen LogP contribution is -2.27. The molecule has 2 aromatic rings. The number of rotatable bonds is 4. The van der Waals surface area contributed by atoms with Crippen LogP contribution in [0.2, 0.25) is 0 Å². The van der Waals surface area contributed by atoms with E-state index in [-0.39, 0.29) is 11.6 Å². The molecule has 10 nitrogen and oxygen atoms in total. The Morgan fingerprint density at radius 1 is 1.54 bits per heavy atom. The molecule has 0 saturated heterocycles. The van der Waals surface area contributed by atoms with E-state index in [1.54, 1.807) is 13.0 Å². The van der Waals surface area contributed by atoms with E-state index < -0.39 is 16.9 Å². The number of nitro groups is 1. The number of hydrogen-bond acceptors (Lipinski definition) is 8. The first-order valence-corrected chi connectivity index (χ1v) is 6.89. The lowest BCUT2D eigenvalue weighted by Gasteiger charge is -2.25. The molecule has 0 amide bonds. The van der Waals surface area contributed by atoms with Crippen LogP contribution in [-0.4, -0.2) is 32.8 Å². The van der Waals surface area contributed by atoms with Crippen molar-refractivity contribution >= 4 is 23.9 Å². The van der Waals surface area contributed by atoms with Crippen LogP contribution in [0.3, 0.4) is 0 Å². The van der Waals surface area contributed by atoms with Crippen LogP contribution in [0.15, 0.2) is 40.2 Å². The van der Waals surface area contributed by atoms with E-state index >= 15 is 0 Å². The molecule has 3 rings (SSSR count). The summed E-state index contributed by atoms with van der Waals surface area (Å²) in [6, 6.07) is 2.14. The first-order chi connectivity index (χ1) is 11.5. The Morgan fingerprint density at radius 2 is 2.33 bits per heavy atom. The minimum Gasteiger partial charge on any atom is -0.466 e. The molecule has 10 heteroatoms. The van der Waals surface area contributed by atoms with Gasteiger partial charge in [-0.05, 0) is 19.1 Å². The smallest absolute Gasteiger partial charge is 0.433 e. The Balaban J connectivity index is 1.97. The van der Waals surface area contributed by atoms with Crippen molar-refractivity contribution in [2.45, 2.75) is 13.0 Å². The number of hydrogen-bond donors (Lipinski definition) is 1. The maximum Gasteiger partial charge on any atom is 0.433 e. The van der Waals surface area contributed by atoms with Crippen molar-refractivity contribution in [2.24, 2.45) is 0 Å². The highest BCUT2D eigenvalue weighted by molar-refractivity contribution is 5.92. The topological polar surface area (TPSA) is 125 Å². The van der Waals surface area contributed by atoms with Crippen LogP contribution < -0.4 is 5.32 Å². The predicted octanol–water partition coefficient (Wildman–Crippen LogP) is 1.91. The number of methoxy groups -OCH3 is 1. The van der Waals surface area contributed by atoms with E-state index in [1.807, 2.05) is 0 Å². The van der Waals surface area contributed by atoms with Crippen molar-refractivity contribution < 1.29 is 18.9 Å². The van der Waals surface area contributed by atoms with Gasteiger partial charge in [0.1, 0.15) is 23.1 Å². The molecule has 0 unspecified atom stereocenters. The first kappa shape index (κ1) is 15.5. The van der Waals surface area contributed by atoms with Gasteiger partial charge < -0.3 is 14.5 Å². The molecule has 1 aliphatic heterocycles. The number of aromatic nitrogens is 3. The molecule has 0 fully saturated rings. The lowest BCUT2D eigenvalue weighted by molar-refractivity contribution is -0.402. The molecule has 1 atom stereocenters. The van der Waals surface area contributed by atoms with Crippen molar-refractivity contribution in [3.63, 3.8) is 0 Å². The summed E-state index contributed by atoms with van der Waals surface area (Å²) in [5.74, 6) is -0.119. The van der Waals surface area contributed by atoms with Crippen molar-refractivity contribution in [1.82, 2.24) is 14.8 Å². The Kier molecular flexibility index (Phi) is 3.86. The van der Waals surface area contributed by atoms with Crippen molar-refractivity contribution in [3.05, 3.63) is 51.7 Å². The van der Waals surface area contributed by atoms with E-state index in [9.17, 15) is 14.9 Å². The standard InChI is InChI=1S/C14H13N5O5/c1-8-12(13(20)23-2)10(18-14(17-8)15-7-16-18)5-3-9-4-6-11(24-9)19(21)22/h3-7,10H,1-2H3,(H,15,16,17)/b5-3+/t10-/m0/s1. The van der Waals surface area contributed by atoms with Gasteiger partial charge >= 0.3 is 11.9 Å². The van der Waals surface area contributed by atoms with Gasteiger partial charge in [0.2, 0.25) is 5.95 Å². The largest absolute Gasteiger partial charge is 0.466 e. The van der Waals surface area contributed by atoms with Gasteiger partial charge in [0.05, 0.1) is 18.7 Å². The fourth-order valence-corrected chi connectivity index (χ4v) is 2.40. The molecule has 1 N–H and O–H groups in total. The number of allylic oxidation sites excluding steroid dienone is 2. The summed E-state index contributed by atoms with van der Waals surface area (Å²) in [4.78, 5) is 26.2. The van der Waals surface area contributed by atoms with Crippen LogP contribution in [0, 0.1) is 10.1 Å². The average Bonchev–Trinajstić information content (AvgIpc) is 3.20. The molecule has 24 heavy (non-hydrogen) atoms. The highest BCUT2D eigenvalue weighted by Gasteiger charge is 2.31. The van der Waals surface area contributed by atoms with Crippen LogP contribution >= 0.6 is 0 Å². The number of fused-ring (bicyclic) bond motifs is 1. The van der Waals surface area contributed by atoms with Gasteiger partial charge in [0.25, 0.3) is 0 Å². The summed E-state index contributed by atoms with van der Waals surface area (Å²) in [5.41, 5.74) is 0.940. The van der Waals surface area contributed by atoms with Crippen LogP contribution in [0.5, 0.6) is 0 Å². The number of nitrogens with one attached hydrogen (secondary N) is 1.